The molecule has 1 amide bonds. The number of rotatable bonds is 7. The van der Waals surface area contributed by atoms with E-state index in [-0.39, 0.29) is 22.7 Å². The Morgan fingerprint density at radius 3 is 2.70 bits per heavy atom. The van der Waals surface area contributed by atoms with E-state index in [2.05, 4.69) is 5.32 Å². The highest BCUT2D eigenvalue weighted by Crippen LogP contribution is 2.22. The number of hydrogen-bond donors (Lipinski definition) is 1. The van der Waals surface area contributed by atoms with Crippen LogP contribution in [0, 0.1) is 15.5 Å². The second-order valence-electron chi connectivity index (χ2n) is 5.59. The Bertz CT molecular complexity index is 497. The van der Waals surface area contributed by atoms with Gasteiger partial charge in [0.25, 0.3) is 11.6 Å². The Labute approximate surface area is 123 Å². The molecule has 1 aromatic heterocycles. The first-order chi connectivity index (χ1) is 9.26. The molecule has 0 bridgehead atoms. The number of nitrogens with one attached hydrogen (secondary N) is 1. The minimum absolute atomic E-state index is 0.0539. The summed E-state index contributed by atoms with van der Waals surface area (Å²) in [6, 6.07) is 1.28. The maximum Gasteiger partial charge on any atom is 0.287 e. The van der Waals surface area contributed by atoms with Gasteiger partial charge in [0, 0.05) is 25.5 Å². The van der Waals surface area contributed by atoms with Crippen LogP contribution in [0.4, 0.5) is 5.69 Å². The predicted octanol–water partition coefficient (Wildman–Crippen LogP) is 2.71. The van der Waals surface area contributed by atoms with Crippen LogP contribution in [0.1, 0.15) is 37.2 Å². The fraction of sp³-hybridized carbons (Fsp3) is 0.615. The zero-order valence-corrected chi connectivity index (χ0v) is 12.7. The number of carbonyl (C=O) groups excluding carboxylic acids is 1. The summed E-state index contributed by atoms with van der Waals surface area (Å²) in [5.74, 6) is 0.293. The number of carbonyl (C=O) groups is 1. The van der Waals surface area contributed by atoms with Gasteiger partial charge in [0.1, 0.15) is 5.69 Å². The number of aryl methyl sites for hydroxylation is 1. The molecular formula is C13H20ClN3O3. The highest BCUT2D eigenvalue weighted by Gasteiger charge is 2.21. The standard InChI is InChI=1S/C13H20ClN3O3/c1-13(2,5-4-6-14)9-15-12(18)11-7-10(17(19)20)8-16(11)3/h7-8H,4-6,9H2,1-3H3,(H,15,18). The van der Waals surface area contributed by atoms with Crippen molar-refractivity contribution in [1.29, 1.82) is 0 Å². The summed E-state index contributed by atoms with van der Waals surface area (Å²) in [5, 5.41) is 13.5. The Morgan fingerprint density at radius 1 is 1.55 bits per heavy atom. The van der Waals surface area contributed by atoms with Crippen LogP contribution in [-0.2, 0) is 7.05 Å². The van der Waals surface area contributed by atoms with E-state index in [4.69, 9.17) is 11.6 Å². The summed E-state index contributed by atoms with van der Waals surface area (Å²) >= 11 is 5.66. The number of halogens is 1. The number of hydrogen-bond acceptors (Lipinski definition) is 3. The van der Waals surface area contributed by atoms with Crippen molar-refractivity contribution in [3.8, 4) is 0 Å². The molecule has 0 saturated heterocycles. The van der Waals surface area contributed by atoms with Crippen molar-refractivity contribution in [3.63, 3.8) is 0 Å². The molecule has 20 heavy (non-hydrogen) atoms. The summed E-state index contributed by atoms with van der Waals surface area (Å²) in [7, 11) is 1.61. The highest BCUT2D eigenvalue weighted by atomic mass is 35.5. The van der Waals surface area contributed by atoms with Crippen LogP contribution in [0.2, 0.25) is 0 Å². The smallest absolute Gasteiger partial charge is 0.287 e. The van der Waals surface area contributed by atoms with Gasteiger partial charge in [-0.3, -0.25) is 14.9 Å². The van der Waals surface area contributed by atoms with Crippen molar-refractivity contribution in [3.05, 3.63) is 28.1 Å². The van der Waals surface area contributed by atoms with Crippen molar-refractivity contribution >= 4 is 23.2 Å². The molecule has 0 aliphatic rings. The number of alkyl halides is 1. The highest BCUT2D eigenvalue weighted by molar-refractivity contribution is 6.17. The van der Waals surface area contributed by atoms with Crippen molar-refractivity contribution in [2.45, 2.75) is 26.7 Å². The van der Waals surface area contributed by atoms with E-state index in [1.807, 2.05) is 13.8 Å². The largest absolute Gasteiger partial charge is 0.350 e. The number of amides is 1. The molecule has 1 heterocycles. The first-order valence-corrected chi connectivity index (χ1v) is 6.95. The molecule has 0 unspecified atom stereocenters. The summed E-state index contributed by atoms with van der Waals surface area (Å²) in [6.07, 6.45) is 3.12. The average Bonchev–Trinajstić information content (AvgIpc) is 2.76. The van der Waals surface area contributed by atoms with Crippen LogP contribution in [0.15, 0.2) is 12.3 Å². The molecule has 0 aromatic carbocycles. The van der Waals surface area contributed by atoms with Gasteiger partial charge in [-0.25, -0.2) is 0 Å². The van der Waals surface area contributed by atoms with E-state index in [1.165, 1.54) is 16.8 Å². The molecular weight excluding hydrogens is 282 g/mol. The van der Waals surface area contributed by atoms with Gasteiger partial charge in [0.2, 0.25) is 0 Å². The second kappa shape index (κ2) is 6.74. The van der Waals surface area contributed by atoms with Gasteiger partial charge in [0.05, 0.1) is 11.1 Å². The molecule has 0 fully saturated rings. The van der Waals surface area contributed by atoms with Gasteiger partial charge in [0.15, 0.2) is 0 Å². The minimum atomic E-state index is -0.513. The van der Waals surface area contributed by atoms with Crippen molar-refractivity contribution in [2.75, 3.05) is 12.4 Å². The van der Waals surface area contributed by atoms with Gasteiger partial charge in [-0.2, -0.15) is 0 Å². The Morgan fingerprint density at radius 2 is 2.20 bits per heavy atom. The molecule has 1 aromatic rings. The third-order valence-electron chi connectivity index (χ3n) is 3.15. The van der Waals surface area contributed by atoms with Crippen LogP contribution in [-0.4, -0.2) is 27.8 Å². The SMILES string of the molecule is Cn1cc([N+](=O)[O-])cc1C(=O)NCC(C)(C)CCCCl. The monoisotopic (exact) mass is 301 g/mol. The predicted molar refractivity (Wildman–Crippen MR) is 78.1 cm³/mol. The van der Waals surface area contributed by atoms with E-state index >= 15 is 0 Å². The quantitative estimate of drug-likeness (QED) is 0.478. The lowest BCUT2D eigenvalue weighted by Gasteiger charge is -2.24. The molecule has 0 saturated carbocycles. The number of nitrogens with zero attached hydrogens (tertiary/aromatic N) is 2. The average molecular weight is 302 g/mol. The molecule has 0 spiro atoms. The lowest BCUT2D eigenvalue weighted by atomic mass is 9.88. The van der Waals surface area contributed by atoms with E-state index in [0.717, 1.165) is 12.8 Å². The molecule has 0 aliphatic heterocycles. The number of aromatic nitrogens is 1. The third kappa shape index (κ3) is 4.52. The number of nitro groups is 1. The first kappa shape index (κ1) is 16.5. The van der Waals surface area contributed by atoms with Gasteiger partial charge in [-0.1, -0.05) is 13.8 Å². The van der Waals surface area contributed by atoms with E-state index in [0.29, 0.717) is 12.4 Å². The van der Waals surface area contributed by atoms with Crippen LogP contribution < -0.4 is 5.32 Å². The maximum atomic E-state index is 12.0. The fourth-order valence-electron chi connectivity index (χ4n) is 1.92. The van der Waals surface area contributed by atoms with Crippen LogP contribution in [0.3, 0.4) is 0 Å². The maximum absolute atomic E-state index is 12.0. The zero-order chi connectivity index (χ0) is 15.3. The molecule has 6 nitrogen and oxygen atoms in total. The molecule has 0 aliphatic carbocycles. The van der Waals surface area contributed by atoms with Crippen LogP contribution in [0.5, 0.6) is 0 Å². The van der Waals surface area contributed by atoms with Crippen LogP contribution in [0.25, 0.3) is 0 Å². The van der Waals surface area contributed by atoms with Gasteiger partial charge in [-0.05, 0) is 18.3 Å². The van der Waals surface area contributed by atoms with Crippen molar-refractivity contribution in [1.82, 2.24) is 9.88 Å². The first-order valence-electron chi connectivity index (χ1n) is 6.42. The molecule has 0 radical (unpaired) electrons. The fourth-order valence-corrected chi connectivity index (χ4v) is 2.05. The summed E-state index contributed by atoms with van der Waals surface area (Å²) in [4.78, 5) is 22.2. The van der Waals surface area contributed by atoms with Crippen molar-refractivity contribution in [2.24, 2.45) is 12.5 Å². The van der Waals surface area contributed by atoms with E-state index in [1.54, 1.807) is 7.05 Å². The van der Waals surface area contributed by atoms with Crippen molar-refractivity contribution < 1.29 is 9.72 Å². The lowest BCUT2D eigenvalue weighted by Crippen LogP contribution is -2.34. The van der Waals surface area contributed by atoms with E-state index < -0.39 is 4.92 Å². The molecule has 0 atom stereocenters. The van der Waals surface area contributed by atoms with Gasteiger partial charge in [-0.15, -0.1) is 11.6 Å². The van der Waals surface area contributed by atoms with Gasteiger partial charge >= 0.3 is 0 Å². The van der Waals surface area contributed by atoms with E-state index in [9.17, 15) is 14.9 Å². The molecule has 1 N–H and O–H groups in total. The zero-order valence-electron chi connectivity index (χ0n) is 12.0. The normalized spacial score (nSPS) is 11.4. The van der Waals surface area contributed by atoms with Crippen LogP contribution >= 0.6 is 11.6 Å². The Balaban J connectivity index is 2.65. The summed E-state index contributed by atoms with van der Waals surface area (Å²) in [5.41, 5.74) is 0.144. The Kier molecular flexibility index (Phi) is 5.56. The summed E-state index contributed by atoms with van der Waals surface area (Å²) in [6.45, 7) is 4.60. The second-order valence-corrected chi connectivity index (χ2v) is 5.97. The third-order valence-corrected chi connectivity index (χ3v) is 3.42. The molecule has 112 valence electrons. The molecule has 7 heteroatoms. The summed E-state index contributed by atoms with van der Waals surface area (Å²) < 4.78 is 1.46. The minimum Gasteiger partial charge on any atom is -0.350 e. The van der Waals surface area contributed by atoms with Gasteiger partial charge < -0.3 is 9.88 Å². The lowest BCUT2D eigenvalue weighted by molar-refractivity contribution is -0.384. The molecule has 1 rings (SSSR count). The Hall–Kier alpha value is -1.56. The topological polar surface area (TPSA) is 77.2 Å².